The van der Waals surface area contributed by atoms with Crippen LogP contribution in [0.4, 0.5) is 0 Å². The number of aliphatic hydroxyl groups is 1. The molecule has 0 saturated heterocycles. The topological polar surface area (TPSA) is 46.5 Å². The quantitative estimate of drug-likeness (QED) is 0.150. The van der Waals surface area contributed by atoms with Crippen molar-refractivity contribution in [2.45, 2.75) is 148 Å². The number of aliphatic hydroxyl groups excluding tert-OH is 1. The monoisotopic (exact) mass is 398 g/mol. The summed E-state index contributed by atoms with van der Waals surface area (Å²) in [5, 5.41) is 9.01. The number of carbonyl (C=O) groups excluding carboxylic acids is 1. The average Bonchev–Trinajstić information content (AvgIpc) is 2.68. The lowest BCUT2D eigenvalue weighted by Gasteiger charge is -2.06. The van der Waals surface area contributed by atoms with Gasteiger partial charge in [-0.1, -0.05) is 129 Å². The van der Waals surface area contributed by atoms with Crippen molar-refractivity contribution in [3.05, 3.63) is 0 Å². The zero-order valence-corrected chi connectivity index (χ0v) is 19.2. The molecule has 0 aliphatic rings. The first-order chi connectivity index (χ1) is 13.7. The van der Waals surface area contributed by atoms with Gasteiger partial charge in [0.1, 0.15) is 6.10 Å². The second-order valence-corrected chi connectivity index (χ2v) is 8.56. The van der Waals surface area contributed by atoms with Gasteiger partial charge < -0.3 is 9.84 Å². The molecule has 1 N–H and O–H groups in total. The Hall–Kier alpha value is -0.570. The second-order valence-electron chi connectivity index (χ2n) is 8.56. The molecule has 0 saturated carbocycles. The molecule has 1 atom stereocenters. The number of esters is 1. The van der Waals surface area contributed by atoms with E-state index in [9.17, 15) is 4.79 Å². The number of rotatable bonds is 22. The molecule has 0 aromatic heterocycles. The summed E-state index contributed by atoms with van der Waals surface area (Å²) in [5.41, 5.74) is 0. The van der Waals surface area contributed by atoms with E-state index in [0.717, 1.165) is 12.8 Å². The van der Waals surface area contributed by atoms with Gasteiger partial charge in [0.05, 0.1) is 6.61 Å². The van der Waals surface area contributed by atoms with Gasteiger partial charge in [-0.05, 0) is 13.3 Å². The van der Waals surface area contributed by atoms with Gasteiger partial charge in [-0.25, -0.2) is 4.79 Å². The molecule has 0 aromatic carbocycles. The maximum absolute atomic E-state index is 11.1. The number of unbranched alkanes of at least 4 members (excludes halogenated alkanes) is 19. The Labute approximate surface area is 176 Å². The molecule has 0 radical (unpaired) electrons. The van der Waals surface area contributed by atoms with Crippen LogP contribution in [0.25, 0.3) is 0 Å². The van der Waals surface area contributed by atoms with Gasteiger partial charge >= 0.3 is 5.97 Å². The van der Waals surface area contributed by atoms with Crippen molar-refractivity contribution in [2.75, 3.05) is 6.61 Å². The third kappa shape index (κ3) is 21.7. The number of hydrogen-bond donors (Lipinski definition) is 1. The molecule has 0 aliphatic carbocycles. The Kier molecular flexibility index (Phi) is 22.3. The molecule has 0 bridgehead atoms. The fourth-order valence-corrected chi connectivity index (χ4v) is 3.65. The van der Waals surface area contributed by atoms with E-state index in [-0.39, 0.29) is 0 Å². The smallest absolute Gasteiger partial charge is 0.334 e. The number of hydrogen-bond acceptors (Lipinski definition) is 3. The van der Waals surface area contributed by atoms with Gasteiger partial charge in [0.15, 0.2) is 0 Å². The molecule has 168 valence electrons. The average molecular weight is 399 g/mol. The Morgan fingerprint density at radius 2 is 0.893 bits per heavy atom. The van der Waals surface area contributed by atoms with Gasteiger partial charge in [0.2, 0.25) is 0 Å². The number of carbonyl (C=O) groups is 1. The van der Waals surface area contributed by atoms with E-state index in [0.29, 0.717) is 6.61 Å². The molecule has 28 heavy (non-hydrogen) atoms. The lowest BCUT2D eigenvalue weighted by Crippen LogP contribution is -2.19. The van der Waals surface area contributed by atoms with E-state index in [1.165, 1.54) is 122 Å². The van der Waals surface area contributed by atoms with Crippen molar-refractivity contribution in [1.29, 1.82) is 0 Å². The summed E-state index contributed by atoms with van der Waals surface area (Å²) in [5.74, 6) is -0.502. The molecule has 0 aromatic rings. The van der Waals surface area contributed by atoms with Gasteiger partial charge in [0.25, 0.3) is 0 Å². The summed E-state index contributed by atoms with van der Waals surface area (Å²) < 4.78 is 4.95. The van der Waals surface area contributed by atoms with E-state index in [4.69, 9.17) is 9.84 Å². The summed E-state index contributed by atoms with van der Waals surface area (Å²) in [6.45, 7) is 4.18. The third-order valence-corrected chi connectivity index (χ3v) is 5.58. The van der Waals surface area contributed by atoms with E-state index in [2.05, 4.69) is 6.92 Å². The zero-order valence-electron chi connectivity index (χ0n) is 19.2. The Morgan fingerprint density at radius 3 is 1.18 bits per heavy atom. The van der Waals surface area contributed by atoms with Crippen LogP contribution in [0.15, 0.2) is 0 Å². The zero-order chi connectivity index (χ0) is 20.7. The van der Waals surface area contributed by atoms with Crippen LogP contribution in [0.3, 0.4) is 0 Å². The van der Waals surface area contributed by atoms with Crippen LogP contribution in [0, 0.1) is 0 Å². The lowest BCUT2D eigenvalue weighted by atomic mass is 10.0. The molecule has 3 nitrogen and oxygen atoms in total. The molecule has 1 unspecified atom stereocenters. The Morgan fingerprint density at radius 1 is 0.607 bits per heavy atom. The van der Waals surface area contributed by atoms with Crippen molar-refractivity contribution in [3.8, 4) is 0 Å². The summed E-state index contributed by atoms with van der Waals surface area (Å²) in [7, 11) is 0. The molecule has 0 rings (SSSR count). The van der Waals surface area contributed by atoms with Crippen LogP contribution < -0.4 is 0 Å². The molecule has 0 fully saturated rings. The largest absolute Gasteiger partial charge is 0.464 e. The maximum Gasteiger partial charge on any atom is 0.334 e. The van der Waals surface area contributed by atoms with Crippen molar-refractivity contribution in [3.63, 3.8) is 0 Å². The highest BCUT2D eigenvalue weighted by Crippen LogP contribution is 2.14. The molecule has 0 aliphatic heterocycles. The molecule has 0 heterocycles. The minimum absolute atomic E-state index is 0.447. The van der Waals surface area contributed by atoms with E-state index >= 15 is 0 Å². The van der Waals surface area contributed by atoms with E-state index in [1.807, 2.05) is 0 Å². The van der Waals surface area contributed by atoms with Crippen LogP contribution in [-0.2, 0) is 9.53 Å². The fourth-order valence-electron chi connectivity index (χ4n) is 3.65. The van der Waals surface area contributed by atoms with Gasteiger partial charge in [-0.2, -0.15) is 0 Å². The predicted molar refractivity (Wildman–Crippen MR) is 121 cm³/mol. The van der Waals surface area contributed by atoms with Gasteiger partial charge in [0, 0.05) is 0 Å². The summed E-state index contributed by atoms with van der Waals surface area (Å²) >= 11 is 0. The predicted octanol–water partition coefficient (Wildman–Crippen LogP) is 7.73. The molecule has 0 spiro atoms. The molecule has 3 heteroatoms. The molecular formula is C25H50O3. The van der Waals surface area contributed by atoms with Crippen LogP contribution >= 0.6 is 0 Å². The molecule has 0 amide bonds. The Bertz CT molecular complexity index is 315. The Balaban J connectivity index is 3.04. The minimum Gasteiger partial charge on any atom is -0.464 e. The van der Waals surface area contributed by atoms with Crippen molar-refractivity contribution >= 4 is 5.97 Å². The summed E-state index contributed by atoms with van der Waals surface area (Å²) in [6, 6.07) is 0. The highest BCUT2D eigenvalue weighted by molar-refractivity contribution is 5.73. The second kappa shape index (κ2) is 22.7. The van der Waals surface area contributed by atoms with Crippen molar-refractivity contribution in [2.24, 2.45) is 0 Å². The van der Waals surface area contributed by atoms with Gasteiger partial charge in [-0.15, -0.1) is 0 Å². The number of ether oxygens (including phenoxy) is 1. The van der Waals surface area contributed by atoms with E-state index < -0.39 is 12.1 Å². The van der Waals surface area contributed by atoms with Crippen LogP contribution in [-0.4, -0.2) is 23.8 Å². The normalized spacial score (nSPS) is 12.2. The fraction of sp³-hybridized carbons (Fsp3) is 0.960. The summed E-state index contributed by atoms with van der Waals surface area (Å²) in [4.78, 5) is 11.1. The van der Waals surface area contributed by atoms with Crippen molar-refractivity contribution < 1.29 is 14.6 Å². The first-order valence-corrected chi connectivity index (χ1v) is 12.5. The summed E-state index contributed by atoms with van der Waals surface area (Å²) in [6.07, 6.45) is 26.3. The van der Waals surface area contributed by atoms with Crippen LogP contribution in [0.1, 0.15) is 142 Å². The first kappa shape index (κ1) is 27.4. The van der Waals surface area contributed by atoms with Crippen LogP contribution in [0.5, 0.6) is 0 Å². The molecular weight excluding hydrogens is 348 g/mol. The maximum atomic E-state index is 11.1. The standard InChI is InChI=1S/C25H50O3/c1-3-4-5-6-7-8-9-10-11-12-13-14-15-16-17-18-19-20-21-22-23-28-25(27)24(2)26/h24,26H,3-23H2,1-2H3. The van der Waals surface area contributed by atoms with Gasteiger partial charge in [-0.3, -0.25) is 0 Å². The third-order valence-electron chi connectivity index (χ3n) is 5.58. The lowest BCUT2D eigenvalue weighted by molar-refractivity contribution is -0.152. The van der Waals surface area contributed by atoms with Crippen molar-refractivity contribution in [1.82, 2.24) is 0 Å². The minimum atomic E-state index is -0.995. The highest BCUT2D eigenvalue weighted by atomic mass is 16.5. The van der Waals surface area contributed by atoms with Crippen LogP contribution in [0.2, 0.25) is 0 Å². The highest BCUT2D eigenvalue weighted by Gasteiger charge is 2.08. The van der Waals surface area contributed by atoms with E-state index in [1.54, 1.807) is 0 Å². The SMILES string of the molecule is CCCCCCCCCCCCCCCCCCCCCCOC(=O)C(C)O. The first-order valence-electron chi connectivity index (χ1n) is 12.5.